The molecule has 3 N–H and O–H groups in total. The Balaban J connectivity index is 1.28. The van der Waals surface area contributed by atoms with Gasteiger partial charge in [-0.1, -0.05) is 24.3 Å². The number of amides is 1. The molecule has 0 saturated heterocycles. The molecular formula is C27H26FN7O2. The molecule has 5 aromatic rings. The van der Waals surface area contributed by atoms with E-state index in [1.54, 1.807) is 42.5 Å². The molecule has 37 heavy (non-hydrogen) atoms. The van der Waals surface area contributed by atoms with Gasteiger partial charge in [0.25, 0.3) is 5.91 Å². The first kappa shape index (κ1) is 24.1. The normalized spacial score (nSPS) is 11.2. The average Bonchev–Trinajstić information content (AvgIpc) is 3.55. The third-order valence-corrected chi connectivity index (χ3v) is 6.04. The minimum absolute atomic E-state index is 0.0121. The lowest BCUT2D eigenvalue weighted by molar-refractivity contribution is 0.0945. The van der Waals surface area contributed by atoms with Crippen LogP contribution in [-0.2, 0) is 31.0 Å². The molecule has 0 aliphatic carbocycles. The fourth-order valence-electron chi connectivity index (χ4n) is 4.16. The van der Waals surface area contributed by atoms with E-state index in [4.69, 9.17) is 10.5 Å². The van der Waals surface area contributed by atoms with Gasteiger partial charge in [-0.3, -0.25) is 14.2 Å². The number of ether oxygens (including phenoxy) is 1. The van der Waals surface area contributed by atoms with Crippen LogP contribution in [0.3, 0.4) is 0 Å². The molecule has 0 saturated carbocycles. The number of fused-ring (bicyclic) bond motifs is 1. The first-order valence-electron chi connectivity index (χ1n) is 11.7. The minimum Gasteiger partial charge on any atom is -0.383 e. The zero-order valence-electron chi connectivity index (χ0n) is 20.3. The third kappa shape index (κ3) is 5.49. The van der Waals surface area contributed by atoms with Gasteiger partial charge in [0, 0.05) is 49.4 Å². The van der Waals surface area contributed by atoms with Crippen LogP contribution in [0.4, 0.5) is 10.2 Å². The highest BCUT2D eigenvalue weighted by Crippen LogP contribution is 2.23. The van der Waals surface area contributed by atoms with Crippen LogP contribution in [0.25, 0.3) is 10.8 Å². The molecule has 188 valence electrons. The Morgan fingerprint density at radius 1 is 1.08 bits per heavy atom. The lowest BCUT2D eigenvalue weighted by atomic mass is 10.1. The van der Waals surface area contributed by atoms with Gasteiger partial charge in [-0.25, -0.2) is 9.37 Å². The van der Waals surface area contributed by atoms with E-state index in [0.717, 1.165) is 16.5 Å². The fraction of sp³-hybridized carbons (Fsp3) is 0.185. The number of anilines is 1. The lowest BCUT2D eigenvalue weighted by Gasteiger charge is -2.09. The monoisotopic (exact) mass is 499 g/mol. The number of nitrogens with zero attached hydrogens (tertiary/aromatic N) is 5. The zero-order chi connectivity index (χ0) is 25.8. The quantitative estimate of drug-likeness (QED) is 0.321. The number of carbonyl (C=O) groups excluding carboxylic acids is 1. The molecule has 0 spiro atoms. The van der Waals surface area contributed by atoms with E-state index in [9.17, 15) is 9.18 Å². The SMILES string of the molecule is COCc1nn(Cc2ccc(Cn3cccn3)cc2)cc1C(=O)NCc1cc2ccnc(N)c2cc1F. The van der Waals surface area contributed by atoms with Crippen LogP contribution in [0.5, 0.6) is 0 Å². The standard InChI is InChI=1S/C27H26FN7O2/c1-37-17-25-23(27(36)31-13-21-11-20-7-9-30-26(29)22(20)12-24(21)28)16-35(33-25)15-19-5-3-18(4-6-19)14-34-10-2-8-32-34/h2-12,16H,13-15,17H2,1H3,(H2,29,30)(H,31,36). The number of nitrogen functional groups attached to an aromatic ring is 1. The predicted octanol–water partition coefficient (Wildman–Crippen LogP) is 3.52. The van der Waals surface area contributed by atoms with Crippen molar-refractivity contribution in [3.63, 3.8) is 0 Å². The fourth-order valence-corrected chi connectivity index (χ4v) is 4.16. The Morgan fingerprint density at radius 2 is 1.84 bits per heavy atom. The van der Waals surface area contributed by atoms with Gasteiger partial charge in [0.2, 0.25) is 0 Å². The number of nitrogens with one attached hydrogen (secondary N) is 1. The first-order chi connectivity index (χ1) is 18.0. The maximum atomic E-state index is 14.7. The topological polar surface area (TPSA) is 113 Å². The highest BCUT2D eigenvalue weighted by Gasteiger charge is 2.17. The highest BCUT2D eigenvalue weighted by atomic mass is 19.1. The van der Waals surface area contributed by atoms with E-state index in [1.165, 1.54) is 6.07 Å². The smallest absolute Gasteiger partial charge is 0.255 e. The molecule has 3 heterocycles. The Labute approximate surface area is 212 Å². The molecule has 3 aromatic heterocycles. The van der Waals surface area contributed by atoms with E-state index >= 15 is 0 Å². The number of nitrogens with two attached hydrogens (primary N) is 1. The van der Waals surface area contributed by atoms with Crippen LogP contribution in [0.1, 0.15) is 32.7 Å². The van der Waals surface area contributed by atoms with E-state index < -0.39 is 5.82 Å². The molecule has 0 bridgehead atoms. The predicted molar refractivity (Wildman–Crippen MR) is 137 cm³/mol. The Morgan fingerprint density at radius 3 is 2.54 bits per heavy atom. The second kappa shape index (κ2) is 10.6. The number of hydrogen-bond acceptors (Lipinski definition) is 6. The molecule has 2 aromatic carbocycles. The second-order valence-corrected chi connectivity index (χ2v) is 8.68. The Bertz CT molecular complexity index is 1530. The van der Waals surface area contributed by atoms with Crippen LogP contribution in [0.15, 0.2) is 73.3 Å². The first-order valence-corrected chi connectivity index (χ1v) is 11.7. The summed E-state index contributed by atoms with van der Waals surface area (Å²) in [6.45, 7) is 1.37. The van der Waals surface area contributed by atoms with Crippen LogP contribution in [0, 0.1) is 5.82 Å². The molecule has 0 aliphatic rings. The summed E-state index contributed by atoms with van der Waals surface area (Å²) in [5.41, 5.74) is 9.25. The molecule has 9 nitrogen and oxygen atoms in total. The van der Waals surface area contributed by atoms with Gasteiger partial charge in [-0.05, 0) is 40.8 Å². The largest absolute Gasteiger partial charge is 0.383 e. The van der Waals surface area contributed by atoms with E-state index in [2.05, 4.69) is 20.5 Å². The molecule has 0 fully saturated rings. The van der Waals surface area contributed by atoms with Gasteiger partial charge in [-0.15, -0.1) is 0 Å². The van der Waals surface area contributed by atoms with Crippen LogP contribution in [-0.4, -0.2) is 37.6 Å². The maximum Gasteiger partial charge on any atom is 0.255 e. The minimum atomic E-state index is -0.462. The molecule has 1 amide bonds. The van der Waals surface area contributed by atoms with Crippen LogP contribution < -0.4 is 11.1 Å². The summed E-state index contributed by atoms with van der Waals surface area (Å²) < 4.78 is 23.5. The van der Waals surface area contributed by atoms with Crippen molar-refractivity contribution in [1.82, 2.24) is 29.9 Å². The van der Waals surface area contributed by atoms with Crippen molar-refractivity contribution in [3.8, 4) is 0 Å². The van der Waals surface area contributed by atoms with Crippen molar-refractivity contribution >= 4 is 22.5 Å². The molecule has 0 unspecified atom stereocenters. The van der Waals surface area contributed by atoms with Gasteiger partial charge in [0.15, 0.2) is 0 Å². The van der Waals surface area contributed by atoms with Crippen molar-refractivity contribution < 1.29 is 13.9 Å². The molecule has 10 heteroatoms. The van der Waals surface area contributed by atoms with Gasteiger partial charge >= 0.3 is 0 Å². The summed E-state index contributed by atoms with van der Waals surface area (Å²) in [5, 5.41) is 12.9. The number of methoxy groups -OCH3 is 1. The van der Waals surface area contributed by atoms with Gasteiger partial charge in [-0.2, -0.15) is 10.2 Å². The highest BCUT2D eigenvalue weighted by molar-refractivity contribution is 5.95. The Kier molecular flexibility index (Phi) is 6.91. The molecule has 5 rings (SSSR count). The number of halogens is 1. The molecule has 0 atom stereocenters. The lowest BCUT2D eigenvalue weighted by Crippen LogP contribution is -2.24. The number of rotatable bonds is 9. The van der Waals surface area contributed by atoms with Crippen molar-refractivity contribution in [1.29, 1.82) is 0 Å². The zero-order valence-corrected chi connectivity index (χ0v) is 20.3. The van der Waals surface area contributed by atoms with Crippen molar-refractivity contribution in [3.05, 3.63) is 107 Å². The molecule has 0 aliphatic heterocycles. The van der Waals surface area contributed by atoms with E-state index in [-0.39, 0.29) is 24.9 Å². The van der Waals surface area contributed by atoms with Gasteiger partial charge < -0.3 is 15.8 Å². The van der Waals surface area contributed by atoms with Crippen LogP contribution >= 0.6 is 0 Å². The number of carbonyl (C=O) groups is 1. The van der Waals surface area contributed by atoms with Gasteiger partial charge in [0.1, 0.15) is 17.3 Å². The summed E-state index contributed by atoms with van der Waals surface area (Å²) in [7, 11) is 1.55. The van der Waals surface area contributed by atoms with E-state index in [1.807, 2.05) is 41.2 Å². The van der Waals surface area contributed by atoms with Crippen molar-refractivity contribution in [2.75, 3.05) is 12.8 Å². The second-order valence-electron chi connectivity index (χ2n) is 8.68. The number of benzene rings is 2. The summed E-state index contributed by atoms with van der Waals surface area (Å²) in [5.74, 6) is -0.561. The van der Waals surface area contributed by atoms with E-state index in [0.29, 0.717) is 35.3 Å². The van der Waals surface area contributed by atoms with Gasteiger partial charge in [0.05, 0.1) is 25.3 Å². The number of pyridine rings is 1. The number of hydrogen-bond donors (Lipinski definition) is 2. The van der Waals surface area contributed by atoms with Crippen molar-refractivity contribution in [2.45, 2.75) is 26.2 Å². The summed E-state index contributed by atoms with van der Waals surface area (Å²) in [6, 6.07) is 14.8. The van der Waals surface area contributed by atoms with Crippen LogP contribution in [0.2, 0.25) is 0 Å². The molecular weight excluding hydrogens is 473 g/mol. The summed E-state index contributed by atoms with van der Waals surface area (Å²) in [4.78, 5) is 17.0. The maximum absolute atomic E-state index is 14.7. The summed E-state index contributed by atoms with van der Waals surface area (Å²) >= 11 is 0. The Hall–Kier alpha value is -4.57. The summed E-state index contributed by atoms with van der Waals surface area (Å²) in [6.07, 6.45) is 6.92. The van der Waals surface area contributed by atoms with Crippen molar-refractivity contribution in [2.24, 2.45) is 0 Å². The number of aromatic nitrogens is 5. The molecule has 0 radical (unpaired) electrons. The average molecular weight is 500 g/mol. The third-order valence-electron chi connectivity index (χ3n) is 6.04.